The SMILES string of the molecule is CN1C=C2C(=O)N(C3CCN(C(=O)[C@@H](CS(=O)(=O)c4ccc5cc(Cl)ccc5c4)N4CCOC4=O)CC3)CN2C1. The molecule has 4 aliphatic heterocycles. The van der Waals surface area contributed by atoms with Crippen molar-refractivity contribution in [3.05, 3.63) is 53.3 Å². The van der Waals surface area contributed by atoms with Crippen LogP contribution in [0.4, 0.5) is 4.79 Å². The first-order valence-corrected chi connectivity index (χ1v) is 15.3. The maximum atomic E-state index is 13.8. The van der Waals surface area contributed by atoms with Gasteiger partial charge in [0.25, 0.3) is 5.91 Å². The summed E-state index contributed by atoms with van der Waals surface area (Å²) in [6.45, 7) is 2.15. The Morgan fingerprint density at radius 2 is 1.77 bits per heavy atom. The highest BCUT2D eigenvalue weighted by Gasteiger charge is 2.44. The summed E-state index contributed by atoms with van der Waals surface area (Å²) in [5, 5.41) is 2.05. The quantitative estimate of drug-likeness (QED) is 0.504. The number of cyclic esters (lactones) is 1. The van der Waals surface area contributed by atoms with Crippen molar-refractivity contribution >= 4 is 50.1 Å². The van der Waals surface area contributed by atoms with Crippen LogP contribution in [0, 0.1) is 0 Å². The molecule has 0 bridgehead atoms. The van der Waals surface area contributed by atoms with E-state index in [1.807, 2.05) is 27.9 Å². The van der Waals surface area contributed by atoms with Gasteiger partial charge in [-0.3, -0.25) is 14.5 Å². The normalized spacial score (nSPS) is 20.9. The molecule has 13 heteroatoms. The van der Waals surface area contributed by atoms with Gasteiger partial charge >= 0.3 is 6.09 Å². The number of fused-ring (bicyclic) bond motifs is 2. The van der Waals surface area contributed by atoms with Gasteiger partial charge < -0.3 is 24.3 Å². The third kappa shape index (κ3) is 4.83. The lowest BCUT2D eigenvalue weighted by atomic mass is 10.0. The van der Waals surface area contributed by atoms with Crippen LogP contribution in [0.15, 0.2) is 53.2 Å². The van der Waals surface area contributed by atoms with E-state index in [0.29, 0.717) is 55.4 Å². The molecule has 4 aliphatic rings. The van der Waals surface area contributed by atoms with Crippen LogP contribution in [0.3, 0.4) is 0 Å². The summed E-state index contributed by atoms with van der Waals surface area (Å²) in [6, 6.07) is 8.68. The van der Waals surface area contributed by atoms with Gasteiger partial charge in [0.05, 0.1) is 30.5 Å². The van der Waals surface area contributed by atoms with E-state index >= 15 is 0 Å². The third-order valence-corrected chi connectivity index (χ3v) is 10.0. The minimum Gasteiger partial charge on any atom is -0.448 e. The topological polar surface area (TPSA) is 111 Å². The average Bonchev–Trinajstić information content (AvgIpc) is 3.61. The number of carbonyl (C=O) groups excluding carboxylic acids is 3. The van der Waals surface area contributed by atoms with Crippen LogP contribution in [0.2, 0.25) is 5.02 Å². The molecule has 2 aromatic carbocycles. The first kappa shape index (κ1) is 26.7. The van der Waals surface area contributed by atoms with Gasteiger partial charge in [0.2, 0.25) is 5.91 Å². The Morgan fingerprint density at radius 1 is 1.05 bits per heavy atom. The fourth-order valence-corrected chi connectivity index (χ4v) is 7.64. The third-order valence-electron chi connectivity index (χ3n) is 8.06. The van der Waals surface area contributed by atoms with Gasteiger partial charge in [-0.15, -0.1) is 0 Å². The summed E-state index contributed by atoms with van der Waals surface area (Å²) in [6.07, 6.45) is 2.31. The molecule has 3 fully saturated rings. The van der Waals surface area contributed by atoms with E-state index in [-0.39, 0.29) is 30.0 Å². The number of hydrogen-bond acceptors (Lipinski definition) is 8. The Bertz CT molecular complexity index is 1520. The van der Waals surface area contributed by atoms with Crippen LogP contribution < -0.4 is 0 Å². The second kappa shape index (κ2) is 10.2. The van der Waals surface area contributed by atoms with Crippen molar-refractivity contribution in [2.75, 3.05) is 52.4 Å². The number of likely N-dealkylation sites (tertiary alicyclic amines) is 1. The van der Waals surface area contributed by atoms with Gasteiger partial charge in [0, 0.05) is 37.4 Å². The number of ether oxygens (including phenoxy) is 1. The van der Waals surface area contributed by atoms with Gasteiger partial charge in [0.1, 0.15) is 18.3 Å². The summed E-state index contributed by atoms with van der Waals surface area (Å²) in [4.78, 5) is 47.9. The average molecular weight is 588 g/mol. The molecule has 0 radical (unpaired) electrons. The Morgan fingerprint density at radius 3 is 2.48 bits per heavy atom. The summed E-state index contributed by atoms with van der Waals surface area (Å²) in [5.41, 5.74) is 0.690. The first-order valence-electron chi connectivity index (χ1n) is 13.2. The Kier molecular flexibility index (Phi) is 6.78. The second-order valence-electron chi connectivity index (χ2n) is 10.7. The van der Waals surface area contributed by atoms with Gasteiger partial charge in [-0.25, -0.2) is 13.2 Å². The molecule has 0 aliphatic carbocycles. The largest absolute Gasteiger partial charge is 0.448 e. The molecular formula is C27H30ClN5O6S. The predicted molar refractivity (Wildman–Crippen MR) is 147 cm³/mol. The zero-order valence-electron chi connectivity index (χ0n) is 22.0. The summed E-state index contributed by atoms with van der Waals surface area (Å²) >= 11 is 6.06. The van der Waals surface area contributed by atoms with E-state index in [4.69, 9.17) is 16.3 Å². The van der Waals surface area contributed by atoms with E-state index in [2.05, 4.69) is 0 Å². The fourth-order valence-electron chi connectivity index (χ4n) is 5.95. The lowest BCUT2D eigenvalue weighted by Crippen LogP contribution is -2.55. The molecule has 0 spiro atoms. The summed E-state index contributed by atoms with van der Waals surface area (Å²) in [5.74, 6) is -0.983. The highest BCUT2D eigenvalue weighted by Crippen LogP contribution is 2.30. The predicted octanol–water partition coefficient (Wildman–Crippen LogP) is 1.92. The van der Waals surface area contributed by atoms with Crippen LogP contribution in [0.1, 0.15) is 12.8 Å². The number of hydrogen-bond donors (Lipinski definition) is 0. The van der Waals surface area contributed by atoms with Crippen LogP contribution >= 0.6 is 11.6 Å². The van der Waals surface area contributed by atoms with Crippen molar-refractivity contribution in [1.29, 1.82) is 0 Å². The van der Waals surface area contributed by atoms with Gasteiger partial charge in [0.15, 0.2) is 9.84 Å². The summed E-state index contributed by atoms with van der Waals surface area (Å²) < 4.78 is 32.2. The maximum absolute atomic E-state index is 13.8. The second-order valence-corrected chi connectivity index (χ2v) is 13.2. The van der Waals surface area contributed by atoms with Crippen molar-refractivity contribution in [2.24, 2.45) is 0 Å². The number of halogens is 1. The molecule has 3 saturated heterocycles. The van der Waals surface area contributed by atoms with Gasteiger partial charge in [-0.05, 0) is 47.9 Å². The lowest BCUT2D eigenvalue weighted by molar-refractivity contribution is -0.137. The smallest absolute Gasteiger partial charge is 0.410 e. The Labute approximate surface area is 237 Å². The zero-order valence-corrected chi connectivity index (χ0v) is 23.6. The molecule has 0 unspecified atom stereocenters. The number of piperidine rings is 1. The number of nitrogens with zero attached hydrogens (tertiary/aromatic N) is 5. The minimum absolute atomic E-state index is 0.00411. The lowest BCUT2D eigenvalue weighted by Gasteiger charge is -2.38. The molecule has 40 heavy (non-hydrogen) atoms. The zero-order chi connectivity index (χ0) is 28.2. The highest BCUT2D eigenvalue weighted by atomic mass is 35.5. The molecule has 4 heterocycles. The van der Waals surface area contributed by atoms with Gasteiger partial charge in [-0.2, -0.15) is 0 Å². The van der Waals surface area contributed by atoms with E-state index in [1.165, 1.54) is 11.0 Å². The molecule has 1 atom stereocenters. The van der Waals surface area contributed by atoms with E-state index < -0.39 is 33.6 Å². The standard InChI is InChI=1S/C27H30ClN5O6S/c1-29-14-23-26(35)33(17-31(23)16-29)21-6-8-30(9-7-21)25(34)24(32-10-11-39-27(32)36)15-40(37,38)22-5-3-18-12-20(28)4-2-19(18)13-22/h2-5,12-14,21,24H,6-11,15-17H2,1H3/t24-/m1/s1. The monoisotopic (exact) mass is 587 g/mol. The number of rotatable bonds is 6. The number of carbonyl (C=O) groups is 3. The fraction of sp³-hybridized carbons (Fsp3) is 0.444. The van der Waals surface area contributed by atoms with Crippen molar-refractivity contribution in [3.63, 3.8) is 0 Å². The molecule has 2 aromatic rings. The number of sulfone groups is 1. The molecule has 0 aromatic heterocycles. The Hall–Kier alpha value is -3.51. The summed E-state index contributed by atoms with van der Waals surface area (Å²) in [7, 11) is -2.02. The van der Waals surface area contributed by atoms with Crippen LogP contribution in [0.25, 0.3) is 10.8 Å². The van der Waals surface area contributed by atoms with E-state index in [9.17, 15) is 22.8 Å². The van der Waals surface area contributed by atoms with Crippen molar-refractivity contribution in [2.45, 2.75) is 29.8 Å². The minimum atomic E-state index is -3.95. The van der Waals surface area contributed by atoms with Crippen LogP contribution in [-0.4, -0.2) is 115 Å². The molecule has 0 N–H and O–H groups in total. The van der Waals surface area contributed by atoms with Crippen LogP contribution in [-0.2, 0) is 24.2 Å². The highest BCUT2D eigenvalue weighted by molar-refractivity contribution is 7.91. The maximum Gasteiger partial charge on any atom is 0.410 e. The molecule has 0 saturated carbocycles. The van der Waals surface area contributed by atoms with Crippen molar-refractivity contribution in [1.82, 2.24) is 24.5 Å². The first-order chi connectivity index (χ1) is 19.1. The number of benzene rings is 2. The molecule has 11 nitrogen and oxygen atoms in total. The van der Waals surface area contributed by atoms with Crippen molar-refractivity contribution < 1.29 is 27.5 Å². The molecule has 6 rings (SSSR count). The molecule has 3 amide bonds. The van der Waals surface area contributed by atoms with Crippen molar-refractivity contribution in [3.8, 4) is 0 Å². The van der Waals surface area contributed by atoms with E-state index in [0.717, 1.165) is 5.39 Å². The number of amides is 3. The molecule has 212 valence electrons. The van der Waals surface area contributed by atoms with Crippen LogP contribution in [0.5, 0.6) is 0 Å². The Balaban J connectivity index is 1.18. The van der Waals surface area contributed by atoms with Gasteiger partial charge in [-0.1, -0.05) is 23.7 Å². The molecular weight excluding hydrogens is 558 g/mol. The van der Waals surface area contributed by atoms with E-state index in [1.54, 1.807) is 35.2 Å².